The minimum Gasteiger partial charge on any atom is -0.396 e. The van der Waals surface area contributed by atoms with Crippen LogP contribution in [0, 0.1) is 17.6 Å². The molecule has 90 valence electrons. The number of aliphatic hydroxyl groups is 1. The molecule has 4 nitrogen and oxygen atoms in total. The smallest absolute Gasteiger partial charge is 0.168 e. The summed E-state index contributed by atoms with van der Waals surface area (Å²) < 4.78 is 26.1. The van der Waals surface area contributed by atoms with E-state index < -0.39 is 11.6 Å². The second kappa shape index (κ2) is 5.07. The Kier molecular flexibility index (Phi) is 4.00. The first-order valence-corrected chi connectivity index (χ1v) is 4.94. The fourth-order valence-corrected chi connectivity index (χ4v) is 1.10. The Balaban J connectivity index is 2.85. The van der Waals surface area contributed by atoms with Crippen LogP contribution >= 0.6 is 0 Å². The predicted octanol–water partition coefficient (Wildman–Crippen LogP) is 1.37. The lowest BCUT2D eigenvalue weighted by atomic mass is 10.1. The van der Waals surface area contributed by atoms with E-state index in [1.807, 2.05) is 0 Å². The van der Waals surface area contributed by atoms with E-state index in [-0.39, 0.29) is 30.2 Å². The number of aromatic nitrogens is 1. The van der Waals surface area contributed by atoms with Crippen molar-refractivity contribution >= 4 is 11.6 Å². The summed E-state index contributed by atoms with van der Waals surface area (Å²) in [6, 6.07) is 0.484. The Morgan fingerprint density at radius 2 is 2.06 bits per heavy atom. The average molecular weight is 231 g/mol. The molecule has 0 fully saturated rings. The molecule has 0 aliphatic heterocycles. The van der Waals surface area contributed by atoms with Crippen LogP contribution in [0.3, 0.4) is 0 Å². The van der Waals surface area contributed by atoms with Gasteiger partial charge in [-0.2, -0.15) is 0 Å². The van der Waals surface area contributed by atoms with Crippen molar-refractivity contribution in [2.24, 2.45) is 5.92 Å². The molecular formula is C10H15F2N3O. The highest BCUT2D eigenvalue weighted by molar-refractivity contribution is 5.45. The van der Waals surface area contributed by atoms with Crippen LogP contribution in [-0.4, -0.2) is 22.7 Å². The van der Waals surface area contributed by atoms with Gasteiger partial charge in [-0.3, -0.25) is 0 Å². The normalized spacial score (nSPS) is 14.6. The van der Waals surface area contributed by atoms with Crippen molar-refractivity contribution in [1.82, 2.24) is 4.98 Å². The Morgan fingerprint density at radius 3 is 2.62 bits per heavy atom. The van der Waals surface area contributed by atoms with Gasteiger partial charge < -0.3 is 16.2 Å². The quantitative estimate of drug-likeness (QED) is 0.732. The maximum atomic E-state index is 13.3. The summed E-state index contributed by atoms with van der Waals surface area (Å²) in [7, 11) is 0. The molecule has 1 aromatic rings. The first kappa shape index (κ1) is 12.6. The van der Waals surface area contributed by atoms with E-state index in [0.29, 0.717) is 6.07 Å². The maximum Gasteiger partial charge on any atom is 0.168 e. The minimum atomic E-state index is -0.883. The van der Waals surface area contributed by atoms with Crippen LogP contribution in [0.25, 0.3) is 0 Å². The Hall–Kier alpha value is -1.43. The number of hydrogen-bond donors (Lipinski definition) is 3. The number of aliphatic hydroxyl groups excluding tert-OH is 1. The van der Waals surface area contributed by atoms with Crippen molar-refractivity contribution in [3.05, 3.63) is 17.7 Å². The molecule has 1 rings (SSSR count). The monoisotopic (exact) mass is 231 g/mol. The van der Waals surface area contributed by atoms with Crippen LogP contribution in [0.15, 0.2) is 6.07 Å². The molecule has 0 spiro atoms. The average Bonchev–Trinajstić information content (AvgIpc) is 2.24. The molecule has 0 saturated heterocycles. The number of nitrogens with one attached hydrogen (secondary N) is 1. The maximum absolute atomic E-state index is 13.3. The van der Waals surface area contributed by atoms with Crippen molar-refractivity contribution in [2.75, 3.05) is 17.7 Å². The molecule has 0 bridgehead atoms. The number of nitrogens with two attached hydrogens (primary N) is 1. The predicted molar refractivity (Wildman–Crippen MR) is 57.9 cm³/mol. The third-order valence-electron chi connectivity index (χ3n) is 2.46. The fraction of sp³-hybridized carbons (Fsp3) is 0.500. The molecule has 0 aromatic carbocycles. The van der Waals surface area contributed by atoms with Crippen LogP contribution in [0.5, 0.6) is 0 Å². The second-order valence-electron chi connectivity index (χ2n) is 3.78. The van der Waals surface area contributed by atoms with E-state index in [4.69, 9.17) is 10.8 Å². The summed E-state index contributed by atoms with van der Waals surface area (Å²) in [6.45, 7) is 3.52. The standard InChI is InChI=1S/C10H15F2N3O/c1-5(4-16)6(2)14-10-8(12)3-7(11)9(13)15-10/h3,5-6,16H,4H2,1-2H3,(H3,13,14,15). The molecule has 2 unspecified atom stereocenters. The molecule has 6 heteroatoms. The van der Waals surface area contributed by atoms with E-state index in [1.54, 1.807) is 13.8 Å². The SMILES string of the molecule is CC(CO)C(C)Nc1nc(N)c(F)cc1F. The van der Waals surface area contributed by atoms with E-state index >= 15 is 0 Å². The number of nitrogens with zero attached hydrogens (tertiary/aromatic N) is 1. The fourth-order valence-electron chi connectivity index (χ4n) is 1.10. The lowest BCUT2D eigenvalue weighted by molar-refractivity contribution is 0.226. The van der Waals surface area contributed by atoms with E-state index in [0.717, 1.165) is 0 Å². The van der Waals surface area contributed by atoms with Crippen LogP contribution < -0.4 is 11.1 Å². The number of hydrogen-bond acceptors (Lipinski definition) is 4. The van der Waals surface area contributed by atoms with Gasteiger partial charge in [0.1, 0.15) is 0 Å². The highest BCUT2D eigenvalue weighted by Crippen LogP contribution is 2.18. The van der Waals surface area contributed by atoms with Crippen molar-refractivity contribution in [2.45, 2.75) is 19.9 Å². The summed E-state index contributed by atoms with van der Waals surface area (Å²) in [5, 5.41) is 11.6. The summed E-state index contributed by atoms with van der Waals surface area (Å²) in [5.74, 6) is -2.22. The molecule has 1 heterocycles. The molecule has 0 radical (unpaired) electrons. The molecule has 1 aromatic heterocycles. The summed E-state index contributed by atoms with van der Waals surface area (Å²) in [5.41, 5.74) is 5.23. The molecule has 16 heavy (non-hydrogen) atoms. The Morgan fingerprint density at radius 1 is 1.44 bits per heavy atom. The lowest BCUT2D eigenvalue weighted by Crippen LogP contribution is -2.27. The molecule has 0 saturated carbocycles. The third kappa shape index (κ3) is 2.79. The summed E-state index contributed by atoms with van der Waals surface area (Å²) >= 11 is 0. The van der Waals surface area contributed by atoms with Gasteiger partial charge in [-0.15, -0.1) is 0 Å². The third-order valence-corrected chi connectivity index (χ3v) is 2.46. The Labute approximate surface area is 92.5 Å². The number of nitrogen functional groups attached to an aromatic ring is 1. The van der Waals surface area contributed by atoms with Gasteiger partial charge in [-0.05, 0) is 12.8 Å². The van der Waals surface area contributed by atoms with E-state index in [2.05, 4.69) is 10.3 Å². The lowest BCUT2D eigenvalue weighted by Gasteiger charge is -2.20. The molecule has 2 atom stereocenters. The van der Waals surface area contributed by atoms with Gasteiger partial charge in [0.25, 0.3) is 0 Å². The minimum absolute atomic E-state index is 0.0353. The van der Waals surface area contributed by atoms with Gasteiger partial charge in [0.05, 0.1) is 0 Å². The molecule has 0 amide bonds. The van der Waals surface area contributed by atoms with Crippen molar-refractivity contribution in [1.29, 1.82) is 0 Å². The highest BCUT2D eigenvalue weighted by Gasteiger charge is 2.15. The van der Waals surface area contributed by atoms with Crippen LogP contribution in [0.1, 0.15) is 13.8 Å². The summed E-state index contributed by atoms with van der Waals surface area (Å²) in [4.78, 5) is 3.56. The number of halogens is 2. The number of anilines is 2. The van der Waals surface area contributed by atoms with Gasteiger partial charge in [0.2, 0.25) is 0 Å². The van der Waals surface area contributed by atoms with Gasteiger partial charge in [-0.25, -0.2) is 13.8 Å². The Bertz CT molecular complexity index is 373. The number of pyridine rings is 1. The van der Waals surface area contributed by atoms with Crippen LogP contribution in [-0.2, 0) is 0 Å². The molecule has 0 aliphatic rings. The van der Waals surface area contributed by atoms with Crippen molar-refractivity contribution < 1.29 is 13.9 Å². The molecule has 4 N–H and O–H groups in total. The van der Waals surface area contributed by atoms with Gasteiger partial charge in [0, 0.05) is 18.7 Å². The van der Waals surface area contributed by atoms with Crippen LogP contribution in [0.2, 0.25) is 0 Å². The zero-order valence-electron chi connectivity index (χ0n) is 9.17. The highest BCUT2D eigenvalue weighted by atomic mass is 19.1. The van der Waals surface area contributed by atoms with Gasteiger partial charge in [-0.1, -0.05) is 6.92 Å². The zero-order chi connectivity index (χ0) is 12.3. The van der Waals surface area contributed by atoms with E-state index in [1.165, 1.54) is 0 Å². The number of rotatable bonds is 4. The van der Waals surface area contributed by atoms with Crippen molar-refractivity contribution in [3.63, 3.8) is 0 Å². The first-order valence-electron chi connectivity index (χ1n) is 4.94. The van der Waals surface area contributed by atoms with Crippen LogP contribution in [0.4, 0.5) is 20.4 Å². The topological polar surface area (TPSA) is 71.2 Å². The largest absolute Gasteiger partial charge is 0.396 e. The van der Waals surface area contributed by atoms with Crippen molar-refractivity contribution in [3.8, 4) is 0 Å². The first-order chi connectivity index (χ1) is 7.45. The van der Waals surface area contributed by atoms with E-state index in [9.17, 15) is 8.78 Å². The van der Waals surface area contributed by atoms with Gasteiger partial charge in [0.15, 0.2) is 23.3 Å². The van der Waals surface area contributed by atoms with Gasteiger partial charge >= 0.3 is 0 Å². The zero-order valence-corrected chi connectivity index (χ0v) is 9.17. The molecular weight excluding hydrogens is 216 g/mol. The molecule has 0 aliphatic carbocycles. The second-order valence-corrected chi connectivity index (χ2v) is 3.78. The summed E-state index contributed by atoms with van der Waals surface area (Å²) in [6.07, 6.45) is 0.